The van der Waals surface area contributed by atoms with E-state index >= 15 is 0 Å². The average molecular weight is 298 g/mol. The zero-order valence-electron chi connectivity index (χ0n) is 12.3. The molecule has 21 heavy (non-hydrogen) atoms. The van der Waals surface area contributed by atoms with Crippen LogP contribution >= 0.6 is 0 Å². The van der Waals surface area contributed by atoms with Gasteiger partial charge in [0.15, 0.2) is 12.0 Å². The van der Waals surface area contributed by atoms with Gasteiger partial charge < -0.3 is 19.5 Å². The molecule has 1 amide bonds. The maximum Gasteiger partial charge on any atom is 0.323 e. The molecule has 0 aliphatic heterocycles. The second-order valence-electron chi connectivity index (χ2n) is 4.22. The number of para-hydroxylation sites is 1. The number of amides is 1. The van der Waals surface area contributed by atoms with Crippen LogP contribution in [0.5, 0.6) is 5.75 Å². The molecule has 1 aromatic carbocycles. The van der Waals surface area contributed by atoms with E-state index in [2.05, 4.69) is 5.32 Å². The summed E-state index contributed by atoms with van der Waals surface area (Å²) in [5.74, 6) is -0.581. The van der Waals surface area contributed by atoms with Gasteiger partial charge in [0.2, 0.25) is 0 Å². The Hall–Kier alpha value is -2.19. The van der Waals surface area contributed by atoms with E-state index in [0.717, 1.165) is 0 Å². The summed E-state index contributed by atoms with van der Waals surface area (Å²) >= 11 is 0. The molecule has 0 aromatic heterocycles. The largest absolute Gasteiger partial charge is 0.490 e. The van der Waals surface area contributed by atoms with Gasteiger partial charge in [0, 0.05) is 14.2 Å². The van der Waals surface area contributed by atoms with Crippen LogP contribution in [0.4, 0.5) is 5.69 Å². The Morgan fingerprint density at radius 3 is 2.38 bits per heavy atom. The molecule has 0 saturated carbocycles. The van der Waals surface area contributed by atoms with Crippen LogP contribution in [0.15, 0.2) is 18.2 Å². The van der Waals surface area contributed by atoms with Crippen molar-refractivity contribution in [2.75, 3.05) is 21.3 Å². The highest BCUT2D eigenvalue weighted by Crippen LogP contribution is 2.30. The second-order valence-corrected chi connectivity index (χ2v) is 4.22. The molecule has 1 atom stereocenters. The SMILES string of the molecule is COc1cccc(C(=O)N[C@H](C)C(OC)OC)c1[N+](=O)[O-]. The number of nitro groups is 1. The van der Waals surface area contributed by atoms with Gasteiger partial charge in [0.1, 0.15) is 5.56 Å². The van der Waals surface area contributed by atoms with Gasteiger partial charge in [0.05, 0.1) is 18.1 Å². The molecule has 0 bridgehead atoms. The predicted octanol–water partition coefficient (Wildman–Crippen LogP) is 1.34. The van der Waals surface area contributed by atoms with Crippen LogP contribution in [-0.2, 0) is 9.47 Å². The summed E-state index contributed by atoms with van der Waals surface area (Å²) in [5, 5.41) is 13.7. The third kappa shape index (κ3) is 3.89. The first kappa shape index (κ1) is 16.9. The Labute approximate surface area is 122 Å². The van der Waals surface area contributed by atoms with Gasteiger partial charge in [-0.05, 0) is 19.1 Å². The third-order valence-corrected chi connectivity index (χ3v) is 2.88. The number of carbonyl (C=O) groups is 1. The highest BCUT2D eigenvalue weighted by atomic mass is 16.7. The van der Waals surface area contributed by atoms with Gasteiger partial charge >= 0.3 is 5.69 Å². The molecule has 0 fully saturated rings. The molecular weight excluding hydrogens is 280 g/mol. The molecule has 116 valence electrons. The molecule has 0 heterocycles. The Kier molecular flexibility index (Phi) is 6.07. The topological polar surface area (TPSA) is 99.9 Å². The predicted molar refractivity (Wildman–Crippen MR) is 74.4 cm³/mol. The van der Waals surface area contributed by atoms with E-state index in [0.29, 0.717) is 0 Å². The molecular formula is C13H18N2O6. The van der Waals surface area contributed by atoms with Gasteiger partial charge in [-0.2, -0.15) is 0 Å². The molecule has 1 aromatic rings. The first-order valence-corrected chi connectivity index (χ1v) is 6.14. The number of nitrogens with one attached hydrogen (secondary N) is 1. The van der Waals surface area contributed by atoms with Crippen molar-refractivity contribution >= 4 is 11.6 Å². The monoisotopic (exact) mass is 298 g/mol. The molecule has 0 saturated heterocycles. The highest BCUT2D eigenvalue weighted by Gasteiger charge is 2.27. The van der Waals surface area contributed by atoms with E-state index in [4.69, 9.17) is 14.2 Å². The summed E-state index contributed by atoms with van der Waals surface area (Å²) in [4.78, 5) is 22.7. The van der Waals surface area contributed by atoms with Crippen molar-refractivity contribution in [1.82, 2.24) is 5.32 Å². The van der Waals surface area contributed by atoms with Crippen molar-refractivity contribution in [3.8, 4) is 5.75 Å². The lowest BCUT2D eigenvalue weighted by atomic mass is 10.1. The molecule has 0 spiro atoms. The Morgan fingerprint density at radius 2 is 1.90 bits per heavy atom. The molecule has 8 nitrogen and oxygen atoms in total. The van der Waals surface area contributed by atoms with E-state index in [1.165, 1.54) is 39.5 Å². The van der Waals surface area contributed by atoms with E-state index in [1.54, 1.807) is 6.92 Å². The molecule has 0 aliphatic carbocycles. The first-order valence-electron chi connectivity index (χ1n) is 6.14. The number of nitrogens with zero attached hydrogens (tertiary/aromatic N) is 1. The molecule has 0 aliphatic rings. The van der Waals surface area contributed by atoms with Gasteiger partial charge in [0.25, 0.3) is 5.91 Å². The van der Waals surface area contributed by atoms with Crippen LogP contribution in [0, 0.1) is 10.1 Å². The number of hydrogen-bond acceptors (Lipinski definition) is 6. The summed E-state index contributed by atoms with van der Waals surface area (Å²) in [6, 6.07) is 3.80. The fourth-order valence-electron chi connectivity index (χ4n) is 1.92. The highest BCUT2D eigenvalue weighted by molar-refractivity contribution is 5.99. The minimum atomic E-state index is -0.654. The van der Waals surface area contributed by atoms with Gasteiger partial charge in [-0.1, -0.05) is 6.07 Å². The van der Waals surface area contributed by atoms with Gasteiger partial charge in [-0.15, -0.1) is 0 Å². The van der Waals surface area contributed by atoms with E-state index in [9.17, 15) is 14.9 Å². The maximum atomic E-state index is 12.2. The van der Waals surface area contributed by atoms with Crippen molar-refractivity contribution in [3.63, 3.8) is 0 Å². The fraction of sp³-hybridized carbons (Fsp3) is 0.462. The van der Waals surface area contributed by atoms with E-state index in [-0.39, 0.29) is 17.0 Å². The first-order chi connectivity index (χ1) is 9.96. The van der Waals surface area contributed by atoms with Crippen LogP contribution in [0.3, 0.4) is 0 Å². The fourth-order valence-corrected chi connectivity index (χ4v) is 1.92. The van der Waals surface area contributed by atoms with Crippen molar-refractivity contribution in [1.29, 1.82) is 0 Å². The lowest BCUT2D eigenvalue weighted by molar-refractivity contribution is -0.386. The average Bonchev–Trinajstić information content (AvgIpc) is 2.47. The van der Waals surface area contributed by atoms with Crippen molar-refractivity contribution in [3.05, 3.63) is 33.9 Å². The quantitative estimate of drug-likeness (QED) is 0.463. The summed E-state index contributed by atoms with van der Waals surface area (Å²) in [6.07, 6.45) is -0.654. The maximum absolute atomic E-state index is 12.2. The van der Waals surface area contributed by atoms with Crippen LogP contribution in [0.2, 0.25) is 0 Å². The lowest BCUT2D eigenvalue weighted by Gasteiger charge is -2.22. The van der Waals surface area contributed by atoms with Gasteiger partial charge in [-0.3, -0.25) is 14.9 Å². The molecule has 0 radical (unpaired) electrons. The summed E-state index contributed by atoms with van der Waals surface area (Å²) < 4.78 is 15.0. The van der Waals surface area contributed by atoms with Crippen LogP contribution in [0.25, 0.3) is 0 Å². The smallest absolute Gasteiger partial charge is 0.323 e. The number of nitro benzene ring substituents is 1. The van der Waals surface area contributed by atoms with Crippen molar-refractivity contribution in [2.45, 2.75) is 19.3 Å². The normalized spacial score (nSPS) is 12.0. The minimum Gasteiger partial charge on any atom is -0.490 e. The Bertz CT molecular complexity index is 515. The second kappa shape index (κ2) is 7.55. The number of hydrogen-bond donors (Lipinski definition) is 1. The standard InChI is InChI=1S/C13H18N2O6/c1-8(13(20-3)21-4)14-12(16)9-6-5-7-10(19-2)11(9)15(17)18/h5-8,13H,1-4H3,(H,14,16)/t8-/m1/s1. The minimum absolute atomic E-state index is 0.0235. The van der Waals surface area contributed by atoms with Crippen molar-refractivity contribution in [2.24, 2.45) is 0 Å². The lowest BCUT2D eigenvalue weighted by Crippen LogP contribution is -2.43. The zero-order chi connectivity index (χ0) is 16.0. The van der Waals surface area contributed by atoms with E-state index in [1.807, 2.05) is 0 Å². The number of rotatable bonds is 7. The number of methoxy groups -OCH3 is 3. The van der Waals surface area contributed by atoms with Crippen LogP contribution < -0.4 is 10.1 Å². The summed E-state index contributed by atoms with van der Waals surface area (Å²) in [5.41, 5.74) is -0.465. The summed E-state index contributed by atoms with van der Waals surface area (Å²) in [7, 11) is 4.17. The Balaban J connectivity index is 3.05. The van der Waals surface area contributed by atoms with Crippen LogP contribution in [0.1, 0.15) is 17.3 Å². The Morgan fingerprint density at radius 1 is 1.29 bits per heavy atom. The zero-order valence-corrected chi connectivity index (χ0v) is 12.3. The van der Waals surface area contributed by atoms with E-state index < -0.39 is 23.2 Å². The molecule has 8 heteroatoms. The third-order valence-electron chi connectivity index (χ3n) is 2.88. The number of benzene rings is 1. The molecule has 1 N–H and O–H groups in total. The molecule has 1 rings (SSSR count). The van der Waals surface area contributed by atoms with Crippen LogP contribution in [-0.4, -0.2) is 44.5 Å². The number of ether oxygens (including phenoxy) is 3. The van der Waals surface area contributed by atoms with Gasteiger partial charge in [-0.25, -0.2) is 0 Å². The molecule has 0 unspecified atom stereocenters. The summed E-state index contributed by atoms with van der Waals surface area (Å²) in [6.45, 7) is 1.67. The number of carbonyl (C=O) groups excluding carboxylic acids is 1. The van der Waals surface area contributed by atoms with Crippen molar-refractivity contribution < 1.29 is 23.9 Å².